The summed E-state index contributed by atoms with van der Waals surface area (Å²) in [5.41, 5.74) is -0.401. The first-order valence-corrected chi connectivity index (χ1v) is 7.05. The van der Waals surface area contributed by atoms with Crippen molar-refractivity contribution in [2.45, 2.75) is 45.6 Å². The van der Waals surface area contributed by atoms with E-state index in [0.717, 1.165) is 17.8 Å². The Balaban J connectivity index is 2.06. The molecular weight excluding hydrogens is 270 g/mol. The van der Waals surface area contributed by atoms with E-state index in [4.69, 9.17) is 4.74 Å². The Morgan fingerprint density at radius 3 is 2.50 bits per heavy atom. The lowest BCUT2D eigenvalue weighted by Gasteiger charge is -2.35. The van der Waals surface area contributed by atoms with E-state index in [-0.39, 0.29) is 6.09 Å². The van der Waals surface area contributed by atoms with Crippen LogP contribution in [0.25, 0.3) is 0 Å². The molecule has 0 atom stereocenters. The van der Waals surface area contributed by atoms with Crippen LogP contribution in [0, 0.1) is 11.8 Å². The van der Waals surface area contributed by atoms with Crippen LogP contribution in [0.5, 0.6) is 0 Å². The van der Waals surface area contributed by atoms with Crippen molar-refractivity contribution in [3.8, 4) is 0 Å². The van der Waals surface area contributed by atoms with E-state index in [1.807, 2.05) is 20.8 Å². The highest BCUT2D eigenvalue weighted by Crippen LogP contribution is 2.35. The summed E-state index contributed by atoms with van der Waals surface area (Å²) >= 11 is 3.45. The third-order valence-electron chi connectivity index (χ3n) is 2.78. The zero-order valence-corrected chi connectivity index (χ0v) is 12.0. The molecule has 1 saturated carbocycles. The molecule has 0 aromatic heterocycles. The maximum Gasteiger partial charge on any atom is 0.407 e. The number of rotatable bonds is 4. The molecule has 1 rings (SSSR count). The minimum Gasteiger partial charge on any atom is -0.444 e. The standard InChI is InChI=1S/C12H22BrNO2/c1-12(2,3)16-11(15)14-8-10-6-9(7-10)4-5-13/h9-10H,4-8H2,1-3H3,(H,14,15). The number of hydrogen-bond acceptors (Lipinski definition) is 2. The summed E-state index contributed by atoms with van der Waals surface area (Å²) in [6.07, 6.45) is 3.43. The Morgan fingerprint density at radius 1 is 1.38 bits per heavy atom. The summed E-state index contributed by atoms with van der Waals surface area (Å²) in [4.78, 5) is 11.4. The molecule has 3 nitrogen and oxygen atoms in total. The fourth-order valence-electron chi connectivity index (χ4n) is 1.97. The second-order valence-electron chi connectivity index (χ2n) is 5.56. The van der Waals surface area contributed by atoms with E-state index < -0.39 is 5.60 Å². The number of alkyl carbamates (subject to hydrolysis) is 1. The van der Waals surface area contributed by atoms with Gasteiger partial charge in [0.15, 0.2) is 0 Å². The van der Waals surface area contributed by atoms with Gasteiger partial charge in [-0.15, -0.1) is 0 Å². The van der Waals surface area contributed by atoms with Gasteiger partial charge >= 0.3 is 6.09 Å². The Morgan fingerprint density at radius 2 is 2.00 bits per heavy atom. The smallest absolute Gasteiger partial charge is 0.407 e. The van der Waals surface area contributed by atoms with E-state index in [1.54, 1.807) is 0 Å². The normalized spacial score (nSPS) is 24.8. The van der Waals surface area contributed by atoms with Crippen molar-refractivity contribution in [3.05, 3.63) is 0 Å². The van der Waals surface area contributed by atoms with Crippen LogP contribution in [0.1, 0.15) is 40.0 Å². The number of alkyl halides is 1. The van der Waals surface area contributed by atoms with Crippen molar-refractivity contribution in [3.63, 3.8) is 0 Å². The molecule has 1 aliphatic rings. The van der Waals surface area contributed by atoms with Crippen LogP contribution in [0.2, 0.25) is 0 Å². The predicted molar refractivity (Wildman–Crippen MR) is 68.9 cm³/mol. The van der Waals surface area contributed by atoms with Crippen molar-refractivity contribution >= 4 is 22.0 Å². The molecule has 0 aromatic carbocycles. The molecule has 1 aliphatic carbocycles. The van der Waals surface area contributed by atoms with E-state index in [2.05, 4.69) is 21.2 Å². The molecule has 1 amide bonds. The van der Waals surface area contributed by atoms with Gasteiger partial charge in [-0.05, 0) is 51.9 Å². The fourth-order valence-corrected chi connectivity index (χ4v) is 2.62. The van der Waals surface area contributed by atoms with Crippen LogP contribution < -0.4 is 5.32 Å². The van der Waals surface area contributed by atoms with Crippen molar-refractivity contribution in [2.24, 2.45) is 11.8 Å². The van der Waals surface area contributed by atoms with Gasteiger partial charge in [0, 0.05) is 11.9 Å². The quantitative estimate of drug-likeness (QED) is 0.807. The minimum absolute atomic E-state index is 0.295. The highest BCUT2D eigenvalue weighted by atomic mass is 79.9. The van der Waals surface area contributed by atoms with Crippen LogP contribution in [0.4, 0.5) is 4.79 Å². The number of ether oxygens (including phenoxy) is 1. The molecule has 0 unspecified atom stereocenters. The lowest BCUT2D eigenvalue weighted by atomic mass is 9.73. The van der Waals surface area contributed by atoms with Crippen LogP contribution in [-0.2, 0) is 4.74 Å². The molecule has 0 heterocycles. The number of carbonyl (C=O) groups excluding carboxylic acids is 1. The first-order valence-electron chi connectivity index (χ1n) is 5.93. The zero-order valence-electron chi connectivity index (χ0n) is 10.4. The average Bonchev–Trinajstić information content (AvgIpc) is 2.05. The summed E-state index contributed by atoms with van der Waals surface area (Å²) in [6, 6.07) is 0. The second-order valence-corrected chi connectivity index (χ2v) is 6.36. The zero-order chi connectivity index (χ0) is 12.2. The van der Waals surface area contributed by atoms with Crippen molar-refractivity contribution in [1.82, 2.24) is 5.32 Å². The molecule has 0 aromatic rings. The summed E-state index contributed by atoms with van der Waals surface area (Å²) in [7, 11) is 0. The summed E-state index contributed by atoms with van der Waals surface area (Å²) < 4.78 is 5.17. The minimum atomic E-state index is -0.401. The molecule has 4 heteroatoms. The number of carbonyl (C=O) groups is 1. The Labute approximate surface area is 106 Å². The van der Waals surface area contributed by atoms with Crippen molar-refractivity contribution in [2.75, 3.05) is 11.9 Å². The molecule has 94 valence electrons. The van der Waals surface area contributed by atoms with Gasteiger partial charge in [-0.25, -0.2) is 4.79 Å². The molecule has 0 bridgehead atoms. The fraction of sp³-hybridized carbons (Fsp3) is 0.917. The molecule has 16 heavy (non-hydrogen) atoms. The van der Waals surface area contributed by atoms with Gasteiger partial charge in [-0.2, -0.15) is 0 Å². The van der Waals surface area contributed by atoms with Gasteiger partial charge in [0.2, 0.25) is 0 Å². The van der Waals surface area contributed by atoms with Gasteiger partial charge in [0.1, 0.15) is 5.60 Å². The Kier molecular flexibility index (Phi) is 5.09. The molecule has 1 fully saturated rings. The van der Waals surface area contributed by atoms with E-state index in [9.17, 15) is 4.79 Å². The maximum absolute atomic E-state index is 11.4. The van der Waals surface area contributed by atoms with Crippen LogP contribution in [-0.4, -0.2) is 23.6 Å². The molecule has 1 N–H and O–H groups in total. The molecule has 0 radical (unpaired) electrons. The van der Waals surface area contributed by atoms with Crippen LogP contribution in [0.3, 0.4) is 0 Å². The first-order chi connectivity index (χ1) is 7.40. The predicted octanol–water partition coefficient (Wildman–Crippen LogP) is 3.32. The molecular formula is C12H22BrNO2. The van der Waals surface area contributed by atoms with Crippen molar-refractivity contribution in [1.29, 1.82) is 0 Å². The third-order valence-corrected chi connectivity index (χ3v) is 3.24. The van der Waals surface area contributed by atoms with Crippen molar-refractivity contribution < 1.29 is 9.53 Å². The second kappa shape index (κ2) is 5.89. The number of hydrogen-bond donors (Lipinski definition) is 1. The monoisotopic (exact) mass is 291 g/mol. The maximum atomic E-state index is 11.4. The third kappa shape index (κ3) is 5.19. The largest absolute Gasteiger partial charge is 0.444 e. The lowest BCUT2D eigenvalue weighted by molar-refractivity contribution is 0.0497. The van der Waals surface area contributed by atoms with E-state index >= 15 is 0 Å². The molecule has 0 saturated heterocycles. The topological polar surface area (TPSA) is 38.3 Å². The Bertz CT molecular complexity index is 232. The van der Waals surface area contributed by atoms with Gasteiger partial charge in [-0.3, -0.25) is 0 Å². The van der Waals surface area contributed by atoms with Gasteiger partial charge in [-0.1, -0.05) is 15.9 Å². The molecule has 0 spiro atoms. The first kappa shape index (κ1) is 13.8. The van der Waals surface area contributed by atoms with E-state index in [0.29, 0.717) is 5.92 Å². The Hall–Kier alpha value is -0.250. The lowest BCUT2D eigenvalue weighted by Crippen LogP contribution is -2.39. The highest BCUT2D eigenvalue weighted by Gasteiger charge is 2.28. The highest BCUT2D eigenvalue weighted by molar-refractivity contribution is 9.09. The number of amides is 1. The molecule has 0 aliphatic heterocycles. The van der Waals surface area contributed by atoms with Gasteiger partial charge < -0.3 is 10.1 Å². The summed E-state index contributed by atoms with van der Waals surface area (Å²) in [5, 5.41) is 3.92. The summed E-state index contributed by atoms with van der Waals surface area (Å²) in [5.74, 6) is 1.50. The van der Waals surface area contributed by atoms with Gasteiger partial charge in [0.25, 0.3) is 0 Å². The number of nitrogens with one attached hydrogen (secondary N) is 1. The average molecular weight is 292 g/mol. The van der Waals surface area contributed by atoms with Crippen LogP contribution in [0.15, 0.2) is 0 Å². The number of halogens is 1. The van der Waals surface area contributed by atoms with Gasteiger partial charge in [0.05, 0.1) is 0 Å². The van der Waals surface area contributed by atoms with E-state index in [1.165, 1.54) is 19.3 Å². The van der Waals surface area contributed by atoms with Crippen LogP contribution >= 0.6 is 15.9 Å². The summed E-state index contributed by atoms with van der Waals surface area (Å²) in [6.45, 7) is 6.39. The SMILES string of the molecule is CC(C)(C)OC(=O)NCC1CC(CCBr)C1.